The zero-order chi connectivity index (χ0) is 12.5. The van der Waals surface area contributed by atoms with E-state index in [1.807, 2.05) is 6.08 Å². The van der Waals surface area contributed by atoms with Crippen molar-refractivity contribution in [3.05, 3.63) is 48.0 Å². The summed E-state index contributed by atoms with van der Waals surface area (Å²) in [6, 6.07) is 9.45. The van der Waals surface area contributed by atoms with E-state index in [0.29, 0.717) is 6.04 Å². The van der Waals surface area contributed by atoms with E-state index in [9.17, 15) is 0 Å². The summed E-state index contributed by atoms with van der Waals surface area (Å²) in [4.78, 5) is 0. The topological polar surface area (TPSA) is 12.0 Å². The molecule has 1 heteroatoms. The SMILES string of the molecule is C=CCCC(Cc1ccc(C)cc1)NCCC. The van der Waals surface area contributed by atoms with Crippen molar-refractivity contribution in [1.29, 1.82) is 0 Å². The summed E-state index contributed by atoms with van der Waals surface area (Å²) in [6.45, 7) is 9.25. The lowest BCUT2D eigenvalue weighted by atomic mass is 10.0. The van der Waals surface area contributed by atoms with Crippen LogP contribution in [0.3, 0.4) is 0 Å². The van der Waals surface area contributed by atoms with Crippen LogP contribution in [0.25, 0.3) is 0 Å². The van der Waals surface area contributed by atoms with Crippen molar-refractivity contribution in [2.24, 2.45) is 0 Å². The number of aryl methyl sites for hydroxylation is 1. The Hall–Kier alpha value is -1.08. The summed E-state index contributed by atoms with van der Waals surface area (Å²) in [7, 11) is 0. The molecule has 1 unspecified atom stereocenters. The lowest BCUT2D eigenvalue weighted by molar-refractivity contribution is 0.481. The predicted molar refractivity (Wildman–Crippen MR) is 76.4 cm³/mol. The molecule has 0 aliphatic rings. The largest absolute Gasteiger partial charge is 0.314 e. The van der Waals surface area contributed by atoms with Gasteiger partial charge in [-0.05, 0) is 44.7 Å². The van der Waals surface area contributed by atoms with Crippen molar-refractivity contribution >= 4 is 0 Å². The van der Waals surface area contributed by atoms with Crippen molar-refractivity contribution in [2.75, 3.05) is 6.54 Å². The summed E-state index contributed by atoms with van der Waals surface area (Å²) in [6.07, 6.45) is 6.59. The minimum absolute atomic E-state index is 0.579. The van der Waals surface area contributed by atoms with Gasteiger partial charge in [-0.3, -0.25) is 0 Å². The van der Waals surface area contributed by atoms with Gasteiger partial charge in [-0.2, -0.15) is 0 Å². The minimum Gasteiger partial charge on any atom is -0.314 e. The van der Waals surface area contributed by atoms with Crippen LogP contribution in [0, 0.1) is 6.92 Å². The highest BCUT2D eigenvalue weighted by Gasteiger charge is 2.07. The van der Waals surface area contributed by atoms with E-state index in [1.165, 1.54) is 24.0 Å². The molecule has 0 saturated heterocycles. The quantitative estimate of drug-likeness (QED) is 0.670. The van der Waals surface area contributed by atoms with E-state index < -0.39 is 0 Å². The van der Waals surface area contributed by atoms with Crippen LogP contribution >= 0.6 is 0 Å². The van der Waals surface area contributed by atoms with Gasteiger partial charge in [-0.1, -0.05) is 42.8 Å². The van der Waals surface area contributed by atoms with Gasteiger partial charge in [0.15, 0.2) is 0 Å². The summed E-state index contributed by atoms with van der Waals surface area (Å²) in [5, 5.41) is 3.62. The van der Waals surface area contributed by atoms with Gasteiger partial charge in [0.1, 0.15) is 0 Å². The second-order valence-electron chi connectivity index (χ2n) is 4.71. The average molecular weight is 231 g/mol. The molecule has 94 valence electrons. The summed E-state index contributed by atoms with van der Waals surface area (Å²) in [5.74, 6) is 0. The number of hydrogen-bond acceptors (Lipinski definition) is 1. The molecule has 0 spiro atoms. The number of benzene rings is 1. The Morgan fingerprint density at radius 3 is 2.59 bits per heavy atom. The number of nitrogens with one attached hydrogen (secondary N) is 1. The van der Waals surface area contributed by atoms with Crippen LogP contribution < -0.4 is 5.32 Å². The van der Waals surface area contributed by atoms with Crippen molar-refractivity contribution < 1.29 is 0 Å². The Kier molecular flexibility index (Phi) is 6.64. The fourth-order valence-electron chi connectivity index (χ4n) is 1.95. The van der Waals surface area contributed by atoms with Crippen LogP contribution in [-0.4, -0.2) is 12.6 Å². The maximum Gasteiger partial charge on any atom is 0.0110 e. The molecule has 17 heavy (non-hydrogen) atoms. The van der Waals surface area contributed by atoms with Crippen LogP contribution in [0.4, 0.5) is 0 Å². The van der Waals surface area contributed by atoms with Crippen molar-refractivity contribution in [3.8, 4) is 0 Å². The Morgan fingerprint density at radius 1 is 1.29 bits per heavy atom. The van der Waals surface area contributed by atoms with Gasteiger partial charge in [0, 0.05) is 6.04 Å². The predicted octanol–water partition coefficient (Wildman–Crippen LogP) is 3.87. The highest BCUT2D eigenvalue weighted by Crippen LogP contribution is 2.09. The van der Waals surface area contributed by atoms with Gasteiger partial charge in [0.2, 0.25) is 0 Å². The first-order valence-corrected chi connectivity index (χ1v) is 6.66. The number of hydrogen-bond donors (Lipinski definition) is 1. The normalized spacial score (nSPS) is 12.4. The highest BCUT2D eigenvalue weighted by molar-refractivity contribution is 5.22. The molecule has 0 aromatic heterocycles. The molecule has 1 rings (SSSR count). The molecule has 0 heterocycles. The fourth-order valence-corrected chi connectivity index (χ4v) is 1.95. The van der Waals surface area contributed by atoms with Gasteiger partial charge in [0.25, 0.3) is 0 Å². The summed E-state index contributed by atoms with van der Waals surface area (Å²) >= 11 is 0. The molecule has 0 aliphatic heterocycles. The molecule has 1 atom stereocenters. The standard InChI is InChI=1S/C16H25N/c1-4-6-7-16(17-12-5-2)13-15-10-8-14(3)9-11-15/h4,8-11,16-17H,1,5-7,12-13H2,2-3H3. The molecule has 0 bridgehead atoms. The fraction of sp³-hybridized carbons (Fsp3) is 0.500. The molecule has 0 saturated carbocycles. The van der Waals surface area contributed by atoms with Gasteiger partial charge < -0.3 is 5.32 Å². The molecule has 1 aromatic carbocycles. The Labute approximate surface area is 106 Å². The Balaban J connectivity index is 2.51. The molecule has 1 N–H and O–H groups in total. The first-order chi connectivity index (χ1) is 8.26. The van der Waals surface area contributed by atoms with Crippen LogP contribution in [0.5, 0.6) is 0 Å². The molecule has 1 aromatic rings. The third kappa shape index (κ3) is 5.69. The van der Waals surface area contributed by atoms with E-state index in [2.05, 4.69) is 50.0 Å². The molecular formula is C16H25N. The van der Waals surface area contributed by atoms with E-state index in [-0.39, 0.29) is 0 Å². The zero-order valence-corrected chi connectivity index (χ0v) is 11.2. The van der Waals surface area contributed by atoms with Crippen LogP contribution in [0.2, 0.25) is 0 Å². The Morgan fingerprint density at radius 2 is 2.00 bits per heavy atom. The van der Waals surface area contributed by atoms with Crippen LogP contribution in [0.1, 0.15) is 37.3 Å². The molecule has 0 amide bonds. The highest BCUT2D eigenvalue weighted by atomic mass is 14.9. The molecule has 0 fully saturated rings. The first kappa shape index (κ1) is 14.0. The Bertz CT molecular complexity index is 313. The van der Waals surface area contributed by atoms with Crippen LogP contribution in [-0.2, 0) is 6.42 Å². The smallest absolute Gasteiger partial charge is 0.0110 e. The van der Waals surface area contributed by atoms with Gasteiger partial charge in [-0.25, -0.2) is 0 Å². The number of allylic oxidation sites excluding steroid dienone is 1. The molecular weight excluding hydrogens is 206 g/mol. The monoisotopic (exact) mass is 231 g/mol. The third-order valence-electron chi connectivity index (χ3n) is 3.00. The van der Waals surface area contributed by atoms with E-state index in [0.717, 1.165) is 19.4 Å². The van der Waals surface area contributed by atoms with E-state index in [4.69, 9.17) is 0 Å². The minimum atomic E-state index is 0.579. The summed E-state index contributed by atoms with van der Waals surface area (Å²) in [5.41, 5.74) is 2.76. The lowest BCUT2D eigenvalue weighted by Crippen LogP contribution is -2.31. The molecule has 0 aliphatic carbocycles. The van der Waals surface area contributed by atoms with Gasteiger partial charge in [-0.15, -0.1) is 6.58 Å². The van der Waals surface area contributed by atoms with E-state index in [1.54, 1.807) is 0 Å². The number of rotatable bonds is 8. The second kappa shape index (κ2) is 8.08. The molecule has 0 radical (unpaired) electrons. The van der Waals surface area contributed by atoms with Gasteiger partial charge in [0.05, 0.1) is 0 Å². The van der Waals surface area contributed by atoms with Gasteiger partial charge >= 0.3 is 0 Å². The van der Waals surface area contributed by atoms with Crippen molar-refractivity contribution in [3.63, 3.8) is 0 Å². The van der Waals surface area contributed by atoms with Crippen molar-refractivity contribution in [1.82, 2.24) is 5.32 Å². The van der Waals surface area contributed by atoms with Crippen LogP contribution in [0.15, 0.2) is 36.9 Å². The first-order valence-electron chi connectivity index (χ1n) is 6.66. The maximum atomic E-state index is 3.80. The second-order valence-corrected chi connectivity index (χ2v) is 4.71. The zero-order valence-electron chi connectivity index (χ0n) is 11.2. The average Bonchev–Trinajstić information content (AvgIpc) is 2.35. The van der Waals surface area contributed by atoms with E-state index >= 15 is 0 Å². The summed E-state index contributed by atoms with van der Waals surface area (Å²) < 4.78 is 0. The molecule has 1 nitrogen and oxygen atoms in total. The lowest BCUT2D eigenvalue weighted by Gasteiger charge is -2.18. The van der Waals surface area contributed by atoms with Crippen molar-refractivity contribution in [2.45, 2.75) is 45.6 Å². The maximum absolute atomic E-state index is 3.80. The third-order valence-corrected chi connectivity index (χ3v) is 3.00.